The molecule has 0 bridgehead atoms. The van der Waals surface area contributed by atoms with Crippen molar-refractivity contribution >= 4 is 6.29 Å². The number of rotatable bonds is 11. The van der Waals surface area contributed by atoms with Crippen molar-refractivity contribution in [3.63, 3.8) is 0 Å². The first-order valence-corrected chi connectivity index (χ1v) is 10.3. The molecule has 0 aliphatic rings. The first-order chi connectivity index (χ1) is 13.0. The van der Waals surface area contributed by atoms with Crippen LogP contribution < -0.4 is 4.74 Å². The van der Waals surface area contributed by atoms with Gasteiger partial charge in [-0.1, -0.05) is 44.4 Å². The van der Waals surface area contributed by atoms with Gasteiger partial charge in [0.15, 0.2) is 0 Å². The van der Waals surface area contributed by atoms with E-state index in [-0.39, 0.29) is 0 Å². The van der Waals surface area contributed by atoms with Gasteiger partial charge in [0, 0.05) is 5.56 Å². The number of carbonyl (C=O) groups excluding carboxylic acids is 1. The van der Waals surface area contributed by atoms with Crippen LogP contribution in [0.3, 0.4) is 0 Å². The summed E-state index contributed by atoms with van der Waals surface area (Å²) in [5, 5.41) is 0. The van der Waals surface area contributed by atoms with Crippen molar-refractivity contribution in [2.75, 3.05) is 6.61 Å². The predicted octanol–water partition coefficient (Wildman–Crippen LogP) is 6.63. The van der Waals surface area contributed by atoms with E-state index in [1.165, 1.54) is 42.4 Å². The third-order valence-electron chi connectivity index (χ3n) is 5.41. The lowest BCUT2D eigenvalue weighted by molar-refractivity contribution is 0.112. The second kappa shape index (κ2) is 10.9. The number of hydrogen-bond acceptors (Lipinski definition) is 2. The fraction of sp³-hybridized carbons (Fsp3) is 0.480. The summed E-state index contributed by atoms with van der Waals surface area (Å²) in [4.78, 5) is 10.8. The van der Waals surface area contributed by atoms with Gasteiger partial charge in [0.1, 0.15) is 12.0 Å². The first-order valence-electron chi connectivity index (χ1n) is 10.3. The molecule has 0 heterocycles. The number of carbonyl (C=O) groups is 1. The van der Waals surface area contributed by atoms with Crippen molar-refractivity contribution in [3.05, 3.63) is 64.2 Å². The van der Waals surface area contributed by atoms with Gasteiger partial charge in [-0.15, -0.1) is 0 Å². The summed E-state index contributed by atoms with van der Waals surface area (Å²) < 4.78 is 5.96. The summed E-state index contributed by atoms with van der Waals surface area (Å²) >= 11 is 0. The number of benzene rings is 2. The van der Waals surface area contributed by atoms with E-state index in [2.05, 4.69) is 39.0 Å². The van der Waals surface area contributed by atoms with Gasteiger partial charge in [0.25, 0.3) is 0 Å². The molecule has 2 aromatic carbocycles. The second-order valence-electron chi connectivity index (χ2n) is 7.76. The van der Waals surface area contributed by atoms with Crippen molar-refractivity contribution < 1.29 is 9.53 Å². The molecule has 2 aromatic rings. The van der Waals surface area contributed by atoms with E-state index in [0.29, 0.717) is 11.5 Å². The number of aryl methyl sites for hydroxylation is 3. The zero-order valence-corrected chi connectivity index (χ0v) is 17.4. The second-order valence-corrected chi connectivity index (χ2v) is 7.76. The fourth-order valence-corrected chi connectivity index (χ4v) is 3.57. The average molecular weight is 367 g/mol. The molecular weight excluding hydrogens is 332 g/mol. The molecule has 0 aromatic heterocycles. The lowest BCUT2D eigenvalue weighted by atomic mass is 9.89. The smallest absolute Gasteiger partial charge is 0.150 e. The minimum Gasteiger partial charge on any atom is -0.493 e. The van der Waals surface area contributed by atoms with Crippen LogP contribution in [0, 0.1) is 26.7 Å². The van der Waals surface area contributed by atoms with Crippen LogP contribution >= 0.6 is 0 Å². The highest BCUT2D eigenvalue weighted by Gasteiger charge is 2.11. The molecule has 1 atom stereocenters. The van der Waals surface area contributed by atoms with Crippen LogP contribution in [0.15, 0.2) is 36.4 Å². The highest BCUT2D eigenvalue weighted by atomic mass is 16.5. The minimum absolute atomic E-state index is 0.702. The van der Waals surface area contributed by atoms with Gasteiger partial charge in [-0.2, -0.15) is 0 Å². The van der Waals surface area contributed by atoms with Crippen molar-refractivity contribution in [3.8, 4) is 5.75 Å². The highest BCUT2D eigenvalue weighted by molar-refractivity contribution is 5.75. The first kappa shape index (κ1) is 21.2. The molecule has 2 nitrogen and oxygen atoms in total. The topological polar surface area (TPSA) is 26.3 Å². The lowest BCUT2D eigenvalue weighted by Crippen LogP contribution is -2.08. The molecule has 2 heteroatoms. The highest BCUT2D eigenvalue weighted by Crippen LogP contribution is 2.23. The van der Waals surface area contributed by atoms with Crippen LogP contribution in [0.4, 0.5) is 0 Å². The van der Waals surface area contributed by atoms with Crippen molar-refractivity contribution in [2.45, 2.75) is 66.2 Å². The molecule has 0 spiro atoms. The van der Waals surface area contributed by atoms with E-state index in [0.717, 1.165) is 37.0 Å². The Labute approximate surface area is 165 Å². The summed E-state index contributed by atoms with van der Waals surface area (Å²) in [6.07, 6.45) is 8.13. The Morgan fingerprint density at radius 3 is 2.37 bits per heavy atom. The Morgan fingerprint density at radius 2 is 1.70 bits per heavy atom. The Bertz CT molecular complexity index is 733. The molecule has 27 heavy (non-hydrogen) atoms. The molecule has 0 aliphatic carbocycles. The average Bonchev–Trinajstić information content (AvgIpc) is 2.66. The Kier molecular flexibility index (Phi) is 8.57. The van der Waals surface area contributed by atoms with Gasteiger partial charge in [-0.25, -0.2) is 0 Å². The van der Waals surface area contributed by atoms with Gasteiger partial charge in [-0.05, 0) is 86.4 Å². The maximum absolute atomic E-state index is 10.8. The lowest BCUT2D eigenvalue weighted by Gasteiger charge is -2.18. The summed E-state index contributed by atoms with van der Waals surface area (Å²) in [5.41, 5.74) is 5.94. The van der Waals surface area contributed by atoms with Crippen LogP contribution in [0.5, 0.6) is 5.75 Å². The summed E-state index contributed by atoms with van der Waals surface area (Å²) in [6, 6.07) is 12.5. The third kappa shape index (κ3) is 6.86. The van der Waals surface area contributed by atoms with Gasteiger partial charge in [-0.3, -0.25) is 4.79 Å². The third-order valence-corrected chi connectivity index (χ3v) is 5.41. The van der Waals surface area contributed by atoms with Crippen LogP contribution in [0.25, 0.3) is 0 Å². The standard InChI is InChI=1S/C25H34O2/c1-5-6-8-22(17-23-11-10-19(2)20(3)15-23)9-7-14-27-25-13-12-24(18-26)16-21(25)4/h10-13,15-16,18,22H,5-9,14,17H2,1-4H3/t22-/m0/s1. The van der Waals surface area contributed by atoms with E-state index >= 15 is 0 Å². The van der Waals surface area contributed by atoms with E-state index in [1.807, 2.05) is 25.1 Å². The largest absolute Gasteiger partial charge is 0.493 e. The van der Waals surface area contributed by atoms with Crippen LogP contribution in [-0.4, -0.2) is 12.9 Å². The predicted molar refractivity (Wildman–Crippen MR) is 114 cm³/mol. The Balaban J connectivity index is 1.86. The number of unbranched alkanes of at least 4 members (excludes halogenated alkanes) is 1. The van der Waals surface area contributed by atoms with Crippen LogP contribution in [-0.2, 0) is 6.42 Å². The minimum atomic E-state index is 0.702. The number of hydrogen-bond donors (Lipinski definition) is 0. The molecule has 0 N–H and O–H groups in total. The summed E-state index contributed by atoms with van der Waals surface area (Å²) in [7, 11) is 0. The molecule has 0 aliphatic heterocycles. The Morgan fingerprint density at radius 1 is 0.926 bits per heavy atom. The SMILES string of the molecule is CCCC[C@@H](CCCOc1ccc(C=O)cc1C)Cc1ccc(C)c(C)c1. The normalized spacial score (nSPS) is 12.0. The van der Waals surface area contributed by atoms with Gasteiger partial charge < -0.3 is 4.74 Å². The van der Waals surface area contributed by atoms with E-state index < -0.39 is 0 Å². The molecule has 0 saturated carbocycles. The molecular formula is C25H34O2. The summed E-state index contributed by atoms with van der Waals surface area (Å²) in [6.45, 7) is 9.37. The summed E-state index contributed by atoms with van der Waals surface area (Å²) in [5.74, 6) is 1.61. The maximum Gasteiger partial charge on any atom is 0.150 e. The van der Waals surface area contributed by atoms with Crippen molar-refractivity contribution in [1.82, 2.24) is 0 Å². The maximum atomic E-state index is 10.8. The number of aldehydes is 1. The molecule has 0 saturated heterocycles. The van der Waals surface area contributed by atoms with Gasteiger partial charge in [0.2, 0.25) is 0 Å². The molecule has 0 fully saturated rings. The molecule has 0 amide bonds. The fourth-order valence-electron chi connectivity index (χ4n) is 3.57. The zero-order chi connectivity index (χ0) is 19.6. The molecule has 0 radical (unpaired) electrons. The zero-order valence-electron chi connectivity index (χ0n) is 17.4. The molecule has 2 rings (SSSR count). The van der Waals surface area contributed by atoms with Gasteiger partial charge >= 0.3 is 0 Å². The van der Waals surface area contributed by atoms with Crippen LogP contribution in [0.1, 0.15) is 71.6 Å². The van der Waals surface area contributed by atoms with E-state index in [9.17, 15) is 4.79 Å². The van der Waals surface area contributed by atoms with Crippen molar-refractivity contribution in [2.24, 2.45) is 5.92 Å². The molecule has 146 valence electrons. The van der Waals surface area contributed by atoms with E-state index in [1.54, 1.807) is 0 Å². The molecule has 0 unspecified atom stereocenters. The van der Waals surface area contributed by atoms with Crippen LogP contribution in [0.2, 0.25) is 0 Å². The van der Waals surface area contributed by atoms with Gasteiger partial charge in [0.05, 0.1) is 6.61 Å². The quantitative estimate of drug-likeness (QED) is 0.329. The van der Waals surface area contributed by atoms with Crippen molar-refractivity contribution in [1.29, 1.82) is 0 Å². The monoisotopic (exact) mass is 366 g/mol. The Hall–Kier alpha value is -2.09. The van der Waals surface area contributed by atoms with E-state index in [4.69, 9.17) is 4.74 Å². The number of ether oxygens (including phenoxy) is 1.